The molecular weight excluding hydrogens is 330 g/mol. The van der Waals surface area contributed by atoms with E-state index < -0.39 is 16.0 Å². The van der Waals surface area contributed by atoms with Crippen LogP contribution in [0.2, 0.25) is 0 Å². The normalized spacial score (nSPS) is 22.1. The van der Waals surface area contributed by atoms with Gasteiger partial charge in [0.05, 0.1) is 10.5 Å². The minimum absolute atomic E-state index is 0.159. The number of ketones is 1. The number of nitrogens with zero attached hydrogens (tertiary/aromatic N) is 1. The summed E-state index contributed by atoms with van der Waals surface area (Å²) in [5, 5.41) is 0. The SMILES string of the molecule is CC(=O)COC(=O)c1ccc(S(=O)(=O)N2CC(C)CC(C)C2)cc1. The molecule has 0 aliphatic carbocycles. The van der Waals surface area contributed by atoms with E-state index in [2.05, 4.69) is 0 Å². The van der Waals surface area contributed by atoms with Crippen molar-refractivity contribution in [3.05, 3.63) is 29.8 Å². The van der Waals surface area contributed by atoms with Crippen molar-refractivity contribution < 1.29 is 22.7 Å². The van der Waals surface area contributed by atoms with E-state index in [0.717, 1.165) is 6.42 Å². The zero-order valence-electron chi connectivity index (χ0n) is 14.2. The van der Waals surface area contributed by atoms with Gasteiger partial charge in [0.1, 0.15) is 6.61 Å². The van der Waals surface area contributed by atoms with Crippen molar-refractivity contribution in [2.75, 3.05) is 19.7 Å². The quantitative estimate of drug-likeness (QED) is 0.757. The maximum Gasteiger partial charge on any atom is 0.338 e. The molecule has 0 bridgehead atoms. The number of rotatable bonds is 5. The molecule has 0 amide bonds. The number of esters is 1. The van der Waals surface area contributed by atoms with Crippen LogP contribution in [-0.2, 0) is 19.6 Å². The molecule has 1 saturated heterocycles. The van der Waals surface area contributed by atoms with Crippen LogP contribution in [0.5, 0.6) is 0 Å². The fourth-order valence-electron chi connectivity index (χ4n) is 2.96. The summed E-state index contributed by atoms with van der Waals surface area (Å²) in [4.78, 5) is 22.8. The Morgan fingerprint density at radius 1 is 1.12 bits per heavy atom. The van der Waals surface area contributed by atoms with E-state index in [0.29, 0.717) is 24.9 Å². The fraction of sp³-hybridized carbons (Fsp3) is 0.529. The second-order valence-electron chi connectivity index (χ2n) is 6.57. The van der Waals surface area contributed by atoms with Gasteiger partial charge in [-0.15, -0.1) is 0 Å². The number of hydrogen-bond donors (Lipinski definition) is 0. The van der Waals surface area contributed by atoms with E-state index in [-0.39, 0.29) is 22.8 Å². The molecule has 2 rings (SSSR count). The van der Waals surface area contributed by atoms with Gasteiger partial charge in [-0.25, -0.2) is 13.2 Å². The predicted molar refractivity (Wildman–Crippen MR) is 89.1 cm³/mol. The van der Waals surface area contributed by atoms with Gasteiger partial charge in [0.2, 0.25) is 10.0 Å². The lowest BCUT2D eigenvalue weighted by molar-refractivity contribution is -0.120. The Balaban J connectivity index is 2.14. The molecule has 2 atom stereocenters. The number of Topliss-reactive ketones (excluding diaryl/α,β-unsaturated/α-hetero) is 1. The molecule has 2 unspecified atom stereocenters. The van der Waals surface area contributed by atoms with Gasteiger partial charge >= 0.3 is 5.97 Å². The predicted octanol–water partition coefficient (Wildman–Crippen LogP) is 2.10. The van der Waals surface area contributed by atoms with Crippen LogP contribution in [0.25, 0.3) is 0 Å². The maximum atomic E-state index is 12.7. The molecule has 7 heteroatoms. The van der Waals surface area contributed by atoms with E-state index in [9.17, 15) is 18.0 Å². The number of hydrogen-bond acceptors (Lipinski definition) is 5. The van der Waals surface area contributed by atoms with E-state index >= 15 is 0 Å². The summed E-state index contributed by atoms with van der Waals surface area (Å²) in [6.07, 6.45) is 1.02. The lowest BCUT2D eigenvalue weighted by Gasteiger charge is -2.34. The Morgan fingerprint density at radius 2 is 1.67 bits per heavy atom. The number of sulfonamides is 1. The highest BCUT2D eigenvalue weighted by Crippen LogP contribution is 2.26. The minimum Gasteiger partial charge on any atom is -0.454 e. The first-order chi connectivity index (χ1) is 11.2. The molecule has 6 nitrogen and oxygen atoms in total. The highest BCUT2D eigenvalue weighted by Gasteiger charge is 2.31. The summed E-state index contributed by atoms with van der Waals surface area (Å²) >= 11 is 0. The van der Waals surface area contributed by atoms with Gasteiger partial charge in [-0.3, -0.25) is 4.79 Å². The highest BCUT2D eigenvalue weighted by atomic mass is 32.2. The standard InChI is InChI=1S/C17H23NO5S/c1-12-8-13(2)10-18(9-12)24(21,22)16-6-4-15(5-7-16)17(20)23-11-14(3)19/h4-7,12-13H,8-11H2,1-3H3. The summed E-state index contributed by atoms with van der Waals surface area (Å²) in [6.45, 7) is 6.15. The largest absolute Gasteiger partial charge is 0.454 e. The maximum absolute atomic E-state index is 12.7. The second-order valence-corrected chi connectivity index (χ2v) is 8.51. The number of carbonyl (C=O) groups excluding carboxylic acids is 2. The molecule has 1 heterocycles. The van der Waals surface area contributed by atoms with Crippen molar-refractivity contribution in [3.8, 4) is 0 Å². The molecule has 0 saturated carbocycles. The van der Waals surface area contributed by atoms with Gasteiger partial charge in [0.15, 0.2) is 5.78 Å². The topological polar surface area (TPSA) is 80.8 Å². The van der Waals surface area contributed by atoms with Crippen LogP contribution in [-0.4, -0.2) is 44.2 Å². The highest BCUT2D eigenvalue weighted by molar-refractivity contribution is 7.89. The van der Waals surface area contributed by atoms with Crippen LogP contribution >= 0.6 is 0 Å². The second kappa shape index (κ2) is 7.44. The first-order valence-electron chi connectivity index (χ1n) is 7.97. The summed E-state index contributed by atoms with van der Waals surface area (Å²) in [5.74, 6) is -0.251. The van der Waals surface area contributed by atoms with Crippen LogP contribution in [0.3, 0.4) is 0 Å². The van der Waals surface area contributed by atoms with Crippen LogP contribution in [0.4, 0.5) is 0 Å². The zero-order valence-corrected chi connectivity index (χ0v) is 15.0. The molecule has 1 aromatic carbocycles. The van der Waals surface area contributed by atoms with E-state index in [1.54, 1.807) is 0 Å². The number of piperidine rings is 1. The van der Waals surface area contributed by atoms with Gasteiger partial charge < -0.3 is 4.74 Å². The summed E-state index contributed by atoms with van der Waals surface area (Å²) < 4.78 is 31.8. The van der Waals surface area contributed by atoms with Gasteiger partial charge in [-0.2, -0.15) is 4.31 Å². The Kier molecular flexibility index (Phi) is 5.77. The Bertz CT molecular complexity index is 701. The van der Waals surface area contributed by atoms with Crippen LogP contribution < -0.4 is 0 Å². The van der Waals surface area contributed by atoms with Gasteiger partial charge in [0, 0.05) is 13.1 Å². The molecule has 0 aromatic heterocycles. The van der Waals surface area contributed by atoms with Gasteiger partial charge in [0.25, 0.3) is 0 Å². The molecule has 24 heavy (non-hydrogen) atoms. The molecule has 1 aliphatic rings. The number of ether oxygens (including phenoxy) is 1. The van der Waals surface area contributed by atoms with E-state index in [4.69, 9.17) is 4.74 Å². The third-order valence-corrected chi connectivity index (χ3v) is 5.82. The summed E-state index contributed by atoms with van der Waals surface area (Å²) in [7, 11) is -3.57. The van der Waals surface area contributed by atoms with E-state index in [1.165, 1.54) is 35.5 Å². The van der Waals surface area contributed by atoms with Gasteiger partial charge in [-0.1, -0.05) is 13.8 Å². The Morgan fingerprint density at radius 3 is 2.17 bits per heavy atom. The van der Waals surface area contributed by atoms with Crippen molar-refractivity contribution in [1.82, 2.24) is 4.31 Å². The first kappa shape index (κ1) is 18.6. The molecule has 0 spiro atoms. The van der Waals surface area contributed by atoms with Crippen LogP contribution in [0, 0.1) is 11.8 Å². The minimum atomic E-state index is -3.57. The third kappa shape index (κ3) is 4.42. The van der Waals surface area contributed by atoms with Crippen molar-refractivity contribution in [2.24, 2.45) is 11.8 Å². The number of carbonyl (C=O) groups is 2. The van der Waals surface area contributed by atoms with Crippen molar-refractivity contribution in [1.29, 1.82) is 0 Å². The van der Waals surface area contributed by atoms with Gasteiger partial charge in [-0.05, 0) is 49.4 Å². The van der Waals surface area contributed by atoms with Crippen LogP contribution in [0.15, 0.2) is 29.2 Å². The van der Waals surface area contributed by atoms with Crippen molar-refractivity contribution >= 4 is 21.8 Å². The molecule has 1 fully saturated rings. The average molecular weight is 353 g/mol. The lowest BCUT2D eigenvalue weighted by Crippen LogP contribution is -2.42. The molecule has 1 aromatic rings. The number of benzene rings is 1. The molecular formula is C17H23NO5S. The zero-order chi connectivity index (χ0) is 17.9. The molecule has 0 radical (unpaired) electrons. The summed E-state index contributed by atoms with van der Waals surface area (Å²) in [6, 6.07) is 5.63. The summed E-state index contributed by atoms with van der Waals surface area (Å²) in [5.41, 5.74) is 0.218. The molecule has 1 aliphatic heterocycles. The Hall–Kier alpha value is -1.73. The molecule has 0 N–H and O–H groups in total. The third-order valence-electron chi connectivity index (χ3n) is 3.97. The van der Waals surface area contributed by atoms with Crippen LogP contribution in [0.1, 0.15) is 37.6 Å². The Labute approximate surface area is 142 Å². The first-order valence-corrected chi connectivity index (χ1v) is 9.41. The fourth-order valence-corrected chi connectivity index (χ4v) is 4.64. The average Bonchev–Trinajstić information content (AvgIpc) is 2.51. The van der Waals surface area contributed by atoms with Crippen molar-refractivity contribution in [3.63, 3.8) is 0 Å². The molecule has 132 valence electrons. The van der Waals surface area contributed by atoms with Crippen molar-refractivity contribution in [2.45, 2.75) is 32.1 Å². The lowest BCUT2D eigenvalue weighted by atomic mass is 9.94. The smallest absolute Gasteiger partial charge is 0.338 e. The monoisotopic (exact) mass is 353 g/mol. The van der Waals surface area contributed by atoms with E-state index in [1.807, 2.05) is 13.8 Å².